The first-order valence-electron chi connectivity index (χ1n) is 8.04. The molecule has 1 aliphatic rings. The van der Waals surface area contributed by atoms with Crippen molar-refractivity contribution in [2.24, 2.45) is 10.2 Å². The third-order valence-electron chi connectivity index (χ3n) is 4.15. The SMILES string of the molecule is O=c1[nH]cnc2c1nc(N=Nc1ccccc1)n2[C@H]1C[C@@H](O)[C@@H](CO)O1. The summed E-state index contributed by atoms with van der Waals surface area (Å²) >= 11 is 0. The van der Waals surface area contributed by atoms with Crippen LogP contribution in [-0.2, 0) is 4.74 Å². The summed E-state index contributed by atoms with van der Waals surface area (Å²) in [6, 6.07) is 9.07. The second-order valence-electron chi connectivity index (χ2n) is 5.84. The minimum absolute atomic E-state index is 0.0973. The Labute approximate surface area is 146 Å². The summed E-state index contributed by atoms with van der Waals surface area (Å²) in [6.45, 7) is -0.320. The average Bonchev–Trinajstić information content (AvgIpc) is 3.21. The van der Waals surface area contributed by atoms with E-state index in [0.717, 1.165) is 0 Å². The third-order valence-corrected chi connectivity index (χ3v) is 4.15. The molecule has 3 N–H and O–H groups in total. The van der Waals surface area contributed by atoms with Crippen molar-refractivity contribution in [1.82, 2.24) is 19.5 Å². The molecule has 0 aliphatic carbocycles. The smallest absolute Gasteiger partial charge is 0.278 e. The minimum Gasteiger partial charge on any atom is -0.394 e. The number of aliphatic hydroxyl groups is 2. The summed E-state index contributed by atoms with van der Waals surface area (Å²) in [4.78, 5) is 22.9. The fourth-order valence-corrected chi connectivity index (χ4v) is 2.88. The van der Waals surface area contributed by atoms with Crippen LogP contribution in [0.25, 0.3) is 11.2 Å². The summed E-state index contributed by atoms with van der Waals surface area (Å²) in [5, 5.41) is 27.6. The quantitative estimate of drug-likeness (QED) is 0.600. The Morgan fingerprint density at radius 3 is 2.85 bits per heavy atom. The van der Waals surface area contributed by atoms with Crippen molar-refractivity contribution in [3.8, 4) is 0 Å². The van der Waals surface area contributed by atoms with Crippen LogP contribution in [0.5, 0.6) is 0 Å². The van der Waals surface area contributed by atoms with E-state index in [0.29, 0.717) is 5.69 Å². The Morgan fingerprint density at radius 2 is 2.12 bits per heavy atom. The van der Waals surface area contributed by atoms with Crippen molar-refractivity contribution in [3.05, 3.63) is 47.0 Å². The van der Waals surface area contributed by atoms with E-state index in [4.69, 9.17) is 4.74 Å². The molecule has 1 aliphatic heterocycles. The maximum atomic E-state index is 12.0. The zero-order valence-electron chi connectivity index (χ0n) is 13.6. The van der Waals surface area contributed by atoms with Gasteiger partial charge in [0.2, 0.25) is 0 Å². The Hall–Kier alpha value is -2.95. The summed E-state index contributed by atoms with van der Waals surface area (Å²) in [5.74, 6) is 0.129. The fourth-order valence-electron chi connectivity index (χ4n) is 2.88. The van der Waals surface area contributed by atoms with Gasteiger partial charge in [-0.05, 0) is 12.1 Å². The maximum absolute atomic E-state index is 12.0. The Balaban J connectivity index is 1.81. The molecule has 10 nitrogen and oxygen atoms in total. The van der Waals surface area contributed by atoms with Crippen LogP contribution in [0.4, 0.5) is 11.6 Å². The molecule has 10 heteroatoms. The number of nitrogens with one attached hydrogen (secondary N) is 1. The van der Waals surface area contributed by atoms with Gasteiger partial charge >= 0.3 is 0 Å². The topological polar surface area (TPSA) is 138 Å². The van der Waals surface area contributed by atoms with Gasteiger partial charge in [-0.15, -0.1) is 10.2 Å². The van der Waals surface area contributed by atoms with Gasteiger partial charge in [0.1, 0.15) is 12.3 Å². The molecule has 4 rings (SSSR count). The summed E-state index contributed by atoms with van der Waals surface area (Å²) in [7, 11) is 0. The van der Waals surface area contributed by atoms with Crippen LogP contribution in [0.1, 0.15) is 12.6 Å². The lowest BCUT2D eigenvalue weighted by atomic mass is 10.2. The van der Waals surface area contributed by atoms with E-state index in [1.54, 1.807) is 12.1 Å². The first-order chi connectivity index (χ1) is 12.7. The summed E-state index contributed by atoms with van der Waals surface area (Å²) in [5.41, 5.74) is 0.572. The molecule has 26 heavy (non-hydrogen) atoms. The van der Waals surface area contributed by atoms with Crippen LogP contribution in [-0.4, -0.2) is 48.5 Å². The lowest BCUT2D eigenvalue weighted by molar-refractivity contribution is -0.0426. The van der Waals surface area contributed by atoms with Crippen LogP contribution >= 0.6 is 0 Å². The fraction of sp³-hybridized carbons (Fsp3) is 0.312. The Kier molecular flexibility index (Phi) is 4.29. The van der Waals surface area contributed by atoms with Gasteiger partial charge in [0.25, 0.3) is 11.5 Å². The lowest BCUT2D eigenvalue weighted by Crippen LogP contribution is -2.24. The zero-order chi connectivity index (χ0) is 18.1. The van der Waals surface area contributed by atoms with Crippen LogP contribution in [0, 0.1) is 0 Å². The molecule has 0 saturated carbocycles. The molecular weight excluding hydrogens is 340 g/mol. The van der Waals surface area contributed by atoms with E-state index in [9.17, 15) is 15.0 Å². The molecule has 0 radical (unpaired) electrons. The van der Waals surface area contributed by atoms with Gasteiger partial charge in [0, 0.05) is 6.42 Å². The van der Waals surface area contributed by atoms with Crippen LogP contribution in [0.2, 0.25) is 0 Å². The highest BCUT2D eigenvalue weighted by Crippen LogP contribution is 2.34. The van der Waals surface area contributed by atoms with Crippen LogP contribution in [0.3, 0.4) is 0 Å². The number of hydrogen-bond acceptors (Lipinski definition) is 8. The predicted molar refractivity (Wildman–Crippen MR) is 90.4 cm³/mol. The molecule has 3 atom stereocenters. The molecule has 1 fully saturated rings. The number of imidazole rings is 1. The number of fused-ring (bicyclic) bond motifs is 1. The normalized spacial score (nSPS) is 23.2. The number of hydrogen-bond donors (Lipinski definition) is 3. The highest BCUT2D eigenvalue weighted by Gasteiger charge is 2.37. The molecule has 134 valence electrons. The zero-order valence-corrected chi connectivity index (χ0v) is 13.6. The van der Waals surface area contributed by atoms with Crippen LogP contribution in [0.15, 0.2) is 51.7 Å². The molecule has 1 aromatic carbocycles. The average molecular weight is 356 g/mol. The number of rotatable bonds is 4. The Bertz CT molecular complexity index is 999. The molecular formula is C16H16N6O4. The van der Waals surface area contributed by atoms with Gasteiger partial charge in [-0.2, -0.15) is 0 Å². The van der Waals surface area contributed by atoms with Gasteiger partial charge in [0.15, 0.2) is 11.2 Å². The van der Waals surface area contributed by atoms with E-state index < -0.39 is 24.0 Å². The van der Waals surface area contributed by atoms with Crippen LogP contribution < -0.4 is 5.56 Å². The van der Waals surface area contributed by atoms with Gasteiger partial charge in [0.05, 0.1) is 24.7 Å². The van der Waals surface area contributed by atoms with Gasteiger partial charge in [-0.3, -0.25) is 9.36 Å². The van der Waals surface area contributed by atoms with Crippen molar-refractivity contribution >= 4 is 22.8 Å². The number of ether oxygens (including phenoxy) is 1. The monoisotopic (exact) mass is 356 g/mol. The van der Waals surface area contributed by atoms with E-state index in [-0.39, 0.29) is 30.1 Å². The Morgan fingerprint density at radius 1 is 1.31 bits per heavy atom. The first kappa shape index (κ1) is 16.5. The molecule has 0 spiro atoms. The number of nitrogens with zero attached hydrogens (tertiary/aromatic N) is 5. The number of azo groups is 1. The van der Waals surface area contributed by atoms with E-state index >= 15 is 0 Å². The molecule has 0 unspecified atom stereocenters. The largest absolute Gasteiger partial charge is 0.394 e. The van der Waals surface area contributed by atoms with E-state index in [1.165, 1.54) is 10.9 Å². The number of benzene rings is 1. The standard InChI is InChI=1S/C16H16N6O4/c23-7-11-10(24)6-12(26-11)22-14-13(15(25)18-8-17-14)19-16(22)21-20-9-4-2-1-3-5-9/h1-5,8,10-12,23-24H,6-7H2,(H,17,18,25)/t10-,11-,12-/m1/s1. The lowest BCUT2D eigenvalue weighted by Gasteiger charge is -2.14. The van der Waals surface area contributed by atoms with E-state index in [1.807, 2.05) is 18.2 Å². The third kappa shape index (κ3) is 2.90. The first-order valence-corrected chi connectivity index (χ1v) is 8.04. The number of aromatic amines is 1. The molecule has 3 heterocycles. The number of aromatic nitrogens is 4. The summed E-state index contributed by atoms with van der Waals surface area (Å²) < 4.78 is 7.19. The molecule has 0 bridgehead atoms. The number of aliphatic hydroxyl groups excluding tert-OH is 2. The van der Waals surface area contributed by atoms with E-state index in [2.05, 4.69) is 25.2 Å². The molecule has 1 saturated heterocycles. The molecule has 2 aromatic heterocycles. The molecule has 0 amide bonds. The van der Waals surface area contributed by atoms with Crippen molar-refractivity contribution in [1.29, 1.82) is 0 Å². The van der Waals surface area contributed by atoms with Crippen molar-refractivity contribution < 1.29 is 14.9 Å². The second kappa shape index (κ2) is 6.75. The maximum Gasteiger partial charge on any atom is 0.278 e. The minimum atomic E-state index is -0.844. The summed E-state index contributed by atoms with van der Waals surface area (Å²) in [6.07, 6.45) is -0.776. The van der Waals surface area contributed by atoms with Gasteiger partial charge < -0.3 is 19.9 Å². The van der Waals surface area contributed by atoms with Crippen molar-refractivity contribution in [2.75, 3.05) is 6.61 Å². The van der Waals surface area contributed by atoms with Crippen molar-refractivity contribution in [3.63, 3.8) is 0 Å². The van der Waals surface area contributed by atoms with Gasteiger partial charge in [-0.1, -0.05) is 18.2 Å². The highest BCUT2D eigenvalue weighted by molar-refractivity contribution is 5.72. The highest BCUT2D eigenvalue weighted by atomic mass is 16.5. The number of H-pyrrole nitrogens is 1. The predicted octanol–water partition coefficient (Wildman–Crippen LogP) is 1.18. The van der Waals surface area contributed by atoms with Crippen molar-refractivity contribution in [2.45, 2.75) is 24.9 Å². The molecule has 3 aromatic rings. The second-order valence-corrected chi connectivity index (χ2v) is 5.84. The van der Waals surface area contributed by atoms with Gasteiger partial charge in [-0.25, -0.2) is 9.97 Å².